The summed E-state index contributed by atoms with van der Waals surface area (Å²) in [5.74, 6) is -2.51. The summed E-state index contributed by atoms with van der Waals surface area (Å²) in [5.41, 5.74) is 4.23. The number of aliphatic carboxylic acids is 2. The van der Waals surface area contributed by atoms with Crippen LogP contribution in [-0.4, -0.2) is 58.7 Å². The van der Waals surface area contributed by atoms with Gasteiger partial charge in [0, 0.05) is 24.2 Å². The molecule has 33 heavy (non-hydrogen) atoms. The van der Waals surface area contributed by atoms with E-state index in [0.717, 1.165) is 25.7 Å². The van der Waals surface area contributed by atoms with Gasteiger partial charge in [-0.1, -0.05) is 34.9 Å². The molecule has 0 bridgehead atoms. The van der Waals surface area contributed by atoms with E-state index in [4.69, 9.17) is 14.9 Å². The number of aliphatic hydroxyl groups is 1. The lowest BCUT2D eigenvalue weighted by molar-refractivity contribution is -0.134. The van der Waals surface area contributed by atoms with Gasteiger partial charge in [0.25, 0.3) is 0 Å². The fourth-order valence-corrected chi connectivity index (χ4v) is 2.37. The van der Waals surface area contributed by atoms with E-state index in [1.807, 2.05) is 0 Å². The van der Waals surface area contributed by atoms with E-state index in [0.29, 0.717) is 31.9 Å². The van der Waals surface area contributed by atoms with Crippen LogP contribution in [0.2, 0.25) is 0 Å². The predicted molar refractivity (Wildman–Crippen MR) is 134 cm³/mol. The molecule has 0 heterocycles. The normalized spacial score (nSPS) is 13.3. The van der Waals surface area contributed by atoms with Gasteiger partial charge in [0.1, 0.15) is 0 Å². The molecule has 0 fully saturated rings. The summed E-state index contributed by atoms with van der Waals surface area (Å²) in [6.45, 7) is 16.4. The van der Waals surface area contributed by atoms with Crippen LogP contribution in [0.15, 0.2) is 47.1 Å². The van der Waals surface area contributed by atoms with Crippen molar-refractivity contribution in [1.82, 2.24) is 5.32 Å². The van der Waals surface area contributed by atoms with Crippen LogP contribution >= 0.6 is 0 Å². The van der Waals surface area contributed by atoms with E-state index in [1.165, 1.54) is 16.7 Å². The summed E-state index contributed by atoms with van der Waals surface area (Å²) in [4.78, 5) is 19.1. The summed E-state index contributed by atoms with van der Waals surface area (Å²) in [5, 5.41) is 28.8. The van der Waals surface area contributed by atoms with Gasteiger partial charge in [-0.3, -0.25) is 0 Å². The standard InChI is InChI=1S/C22H41NO2.C4H4O4/c1-18(2)10-8-11-19(3)12-9-13-20(4)14-15-25-17-21(24)16-23-22(5,6)7;5-3(6)1-2-4(7)8/h10,12,14,21,23-24H,8-9,11,13,15-17H2,1-7H3;1-2H,(H,5,6)(H,7,8)/b19-12+,20-14+;2-1+. The first-order chi connectivity index (χ1) is 15.2. The Morgan fingerprint density at radius 2 is 1.36 bits per heavy atom. The summed E-state index contributed by atoms with van der Waals surface area (Å²) in [6, 6.07) is 0. The highest BCUT2D eigenvalue weighted by molar-refractivity contribution is 5.89. The first-order valence-electron chi connectivity index (χ1n) is 11.3. The fraction of sp³-hybridized carbons (Fsp3) is 0.615. The Kier molecular flexibility index (Phi) is 19.2. The third-order valence-corrected chi connectivity index (χ3v) is 4.22. The number of carboxylic acid groups (broad SMARTS) is 2. The number of β-amino-alcohol motifs (C(OH)–C–C–N with tert-alkyl or cyclic N) is 1. The van der Waals surface area contributed by atoms with Gasteiger partial charge < -0.3 is 25.4 Å². The topological polar surface area (TPSA) is 116 Å². The molecule has 0 aromatic carbocycles. The molecular formula is C26H45NO6. The maximum absolute atomic E-state index is 9.87. The molecule has 190 valence electrons. The van der Waals surface area contributed by atoms with Crippen molar-refractivity contribution in [3.8, 4) is 0 Å². The molecule has 0 spiro atoms. The molecule has 0 aliphatic rings. The molecule has 0 aromatic rings. The maximum Gasteiger partial charge on any atom is 0.328 e. The molecule has 0 saturated carbocycles. The number of nitrogens with one attached hydrogen (secondary N) is 1. The average molecular weight is 468 g/mol. The largest absolute Gasteiger partial charge is 0.478 e. The quantitative estimate of drug-likeness (QED) is 0.163. The molecule has 0 aromatic heterocycles. The van der Waals surface area contributed by atoms with Crippen LogP contribution in [0, 0.1) is 0 Å². The van der Waals surface area contributed by atoms with Crippen LogP contribution in [0.25, 0.3) is 0 Å². The molecule has 7 heteroatoms. The Hall–Kier alpha value is -2.22. The maximum atomic E-state index is 9.87. The highest BCUT2D eigenvalue weighted by Gasteiger charge is 2.11. The summed E-state index contributed by atoms with van der Waals surface area (Å²) in [7, 11) is 0. The van der Waals surface area contributed by atoms with Gasteiger partial charge in [-0.15, -0.1) is 0 Å². The Labute approximate surface area is 199 Å². The minimum absolute atomic E-state index is 0.0226. The van der Waals surface area contributed by atoms with E-state index < -0.39 is 18.0 Å². The molecule has 0 radical (unpaired) electrons. The van der Waals surface area contributed by atoms with E-state index in [9.17, 15) is 14.7 Å². The Morgan fingerprint density at radius 3 is 1.82 bits per heavy atom. The molecular weight excluding hydrogens is 422 g/mol. The van der Waals surface area contributed by atoms with Gasteiger partial charge in [-0.05, 0) is 74.1 Å². The minimum Gasteiger partial charge on any atom is -0.478 e. The van der Waals surface area contributed by atoms with Crippen molar-refractivity contribution in [2.45, 2.75) is 85.8 Å². The van der Waals surface area contributed by atoms with Gasteiger partial charge in [0.05, 0.1) is 19.3 Å². The zero-order valence-corrected chi connectivity index (χ0v) is 21.5. The van der Waals surface area contributed by atoms with Crippen LogP contribution in [0.5, 0.6) is 0 Å². The lowest BCUT2D eigenvalue weighted by Gasteiger charge is -2.22. The molecule has 0 amide bonds. The van der Waals surface area contributed by atoms with Crippen LogP contribution in [-0.2, 0) is 14.3 Å². The van der Waals surface area contributed by atoms with E-state index >= 15 is 0 Å². The van der Waals surface area contributed by atoms with Crippen molar-refractivity contribution < 1.29 is 29.6 Å². The molecule has 1 atom stereocenters. The second kappa shape index (κ2) is 19.3. The fourth-order valence-electron chi connectivity index (χ4n) is 2.37. The van der Waals surface area contributed by atoms with Crippen LogP contribution < -0.4 is 5.32 Å². The van der Waals surface area contributed by atoms with E-state index in [2.05, 4.69) is 72.0 Å². The second-order valence-corrected chi connectivity index (χ2v) is 9.29. The van der Waals surface area contributed by atoms with Gasteiger partial charge in [-0.25, -0.2) is 9.59 Å². The van der Waals surface area contributed by atoms with Crippen molar-refractivity contribution in [3.05, 3.63) is 47.1 Å². The third kappa shape index (κ3) is 29.8. The smallest absolute Gasteiger partial charge is 0.328 e. The van der Waals surface area contributed by atoms with Crippen LogP contribution in [0.3, 0.4) is 0 Å². The van der Waals surface area contributed by atoms with Crippen molar-refractivity contribution in [1.29, 1.82) is 0 Å². The zero-order chi connectivity index (χ0) is 25.9. The van der Waals surface area contributed by atoms with Gasteiger partial charge >= 0.3 is 11.9 Å². The van der Waals surface area contributed by atoms with Gasteiger partial charge in [0.15, 0.2) is 0 Å². The van der Waals surface area contributed by atoms with Gasteiger partial charge in [-0.2, -0.15) is 0 Å². The third-order valence-electron chi connectivity index (χ3n) is 4.22. The summed E-state index contributed by atoms with van der Waals surface area (Å²) in [6.07, 6.45) is 11.9. The van der Waals surface area contributed by atoms with Crippen LogP contribution in [0.4, 0.5) is 0 Å². The van der Waals surface area contributed by atoms with E-state index in [1.54, 1.807) is 0 Å². The lowest BCUT2D eigenvalue weighted by atomic mass is 10.1. The summed E-state index contributed by atoms with van der Waals surface area (Å²) >= 11 is 0. The molecule has 0 aliphatic heterocycles. The SMILES string of the molecule is CC(C)=CCC/C(C)=C/CC/C(C)=C/COCC(O)CNC(C)(C)C.O=C(O)/C=C/C(=O)O. The monoisotopic (exact) mass is 467 g/mol. The first-order valence-corrected chi connectivity index (χ1v) is 11.3. The Balaban J connectivity index is 0. The van der Waals surface area contributed by atoms with E-state index in [-0.39, 0.29) is 5.54 Å². The average Bonchev–Trinajstić information content (AvgIpc) is 2.68. The zero-order valence-electron chi connectivity index (χ0n) is 21.5. The molecule has 0 saturated heterocycles. The second-order valence-electron chi connectivity index (χ2n) is 9.29. The van der Waals surface area contributed by atoms with Crippen molar-refractivity contribution in [3.63, 3.8) is 0 Å². The summed E-state index contributed by atoms with van der Waals surface area (Å²) < 4.78 is 5.55. The number of aliphatic hydroxyl groups excluding tert-OH is 1. The lowest BCUT2D eigenvalue weighted by Crippen LogP contribution is -2.42. The molecule has 7 nitrogen and oxygen atoms in total. The minimum atomic E-state index is -1.26. The molecule has 1 unspecified atom stereocenters. The number of carboxylic acids is 2. The number of allylic oxidation sites excluding steroid dienone is 5. The number of carbonyl (C=O) groups is 2. The number of ether oxygens (including phenoxy) is 1. The molecule has 0 rings (SSSR count). The van der Waals surface area contributed by atoms with Crippen molar-refractivity contribution in [2.75, 3.05) is 19.8 Å². The highest BCUT2D eigenvalue weighted by atomic mass is 16.5. The van der Waals surface area contributed by atoms with Crippen LogP contribution in [0.1, 0.15) is 74.1 Å². The predicted octanol–water partition coefficient (Wildman–Crippen LogP) is 4.88. The van der Waals surface area contributed by atoms with Crippen molar-refractivity contribution >= 4 is 11.9 Å². The van der Waals surface area contributed by atoms with Gasteiger partial charge in [0.2, 0.25) is 0 Å². The first kappa shape index (κ1) is 33.0. The number of rotatable bonds is 14. The molecule has 4 N–H and O–H groups in total. The Bertz CT molecular complexity index is 663. The van der Waals surface area contributed by atoms with Crippen molar-refractivity contribution in [2.24, 2.45) is 0 Å². The number of hydrogen-bond acceptors (Lipinski definition) is 5. The molecule has 0 aliphatic carbocycles. The Morgan fingerprint density at radius 1 is 0.879 bits per heavy atom. The highest BCUT2D eigenvalue weighted by Crippen LogP contribution is 2.11. The number of hydrogen-bond donors (Lipinski definition) is 4.